The van der Waals surface area contributed by atoms with Gasteiger partial charge in [0.25, 0.3) is 10.1 Å². The number of fused-ring (bicyclic) bond motifs is 6. The zero-order valence-corrected chi connectivity index (χ0v) is 31.3. The molecule has 0 fully saturated rings. The highest BCUT2D eigenvalue weighted by Gasteiger charge is 2.32. The summed E-state index contributed by atoms with van der Waals surface area (Å²) >= 11 is 25.4. The average Bonchev–Trinajstić information content (AvgIpc) is 3.86. The third-order valence-corrected chi connectivity index (χ3v) is 11.3. The Morgan fingerprint density at radius 3 is 1.74 bits per heavy atom. The van der Waals surface area contributed by atoms with Crippen LogP contribution in [0.15, 0.2) is 95.9 Å². The van der Waals surface area contributed by atoms with Gasteiger partial charge in [0.2, 0.25) is 0 Å². The molecule has 0 atom stereocenters. The van der Waals surface area contributed by atoms with Crippen molar-refractivity contribution in [2.75, 3.05) is 0 Å². The molecule has 4 aromatic carbocycles. The molecule has 0 bridgehead atoms. The van der Waals surface area contributed by atoms with E-state index in [9.17, 15) is 13.0 Å². The van der Waals surface area contributed by atoms with Crippen LogP contribution in [0.5, 0.6) is 0 Å². The van der Waals surface area contributed by atoms with Crippen LogP contribution in [0, 0.1) is 0 Å². The summed E-state index contributed by atoms with van der Waals surface area (Å²) in [5.74, 6) is -1.08. The zero-order valence-electron chi connectivity index (χ0n) is 27.4. The molecular formula is C39H26Cl4F2N4O3S. The molecule has 6 aromatic rings. The molecule has 0 saturated heterocycles. The van der Waals surface area contributed by atoms with Crippen LogP contribution < -0.4 is 0 Å². The van der Waals surface area contributed by atoms with E-state index in [0.717, 1.165) is 27.9 Å². The third kappa shape index (κ3) is 6.51. The van der Waals surface area contributed by atoms with Gasteiger partial charge in [-0.15, -0.1) is 0 Å². The van der Waals surface area contributed by atoms with E-state index in [4.69, 9.17) is 46.4 Å². The molecule has 7 nitrogen and oxygen atoms in total. The highest BCUT2D eigenvalue weighted by atomic mass is 35.5. The van der Waals surface area contributed by atoms with E-state index in [1.165, 1.54) is 35.0 Å². The van der Waals surface area contributed by atoms with Crippen molar-refractivity contribution < 1.29 is 21.8 Å². The lowest BCUT2D eigenvalue weighted by Crippen LogP contribution is -2.02. The van der Waals surface area contributed by atoms with E-state index in [2.05, 4.69) is 10.2 Å². The van der Waals surface area contributed by atoms with E-state index >= 15 is 8.78 Å². The van der Waals surface area contributed by atoms with Gasteiger partial charge >= 0.3 is 0 Å². The lowest BCUT2D eigenvalue weighted by atomic mass is 10.1. The molecule has 268 valence electrons. The van der Waals surface area contributed by atoms with E-state index < -0.39 is 21.8 Å². The Morgan fingerprint density at radius 1 is 0.698 bits per heavy atom. The molecule has 8 rings (SSSR count). The van der Waals surface area contributed by atoms with Gasteiger partial charge in [-0.2, -0.15) is 18.6 Å². The molecule has 2 aliphatic carbocycles. The van der Waals surface area contributed by atoms with E-state index in [-0.39, 0.29) is 34.1 Å². The molecule has 0 unspecified atom stereocenters. The fourth-order valence-corrected chi connectivity index (χ4v) is 8.46. The highest BCUT2D eigenvalue weighted by molar-refractivity contribution is 7.85. The van der Waals surface area contributed by atoms with Crippen LogP contribution in [0.1, 0.15) is 52.9 Å². The van der Waals surface area contributed by atoms with Crippen LogP contribution >= 0.6 is 46.4 Å². The number of rotatable bonds is 9. The summed E-state index contributed by atoms with van der Waals surface area (Å²) in [6.45, 7) is 0. The minimum atomic E-state index is -4.50. The Labute approximate surface area is 323 Å². The molecule has 2 aromatic heterocycles. The first-order valence-electron chi connectivity index (χ1n) is 16.4. The molecule has 2 aliphatic rings. The largest absolute Gasteiger partial charge is 0.294 e. The lowest BCUT2D eigenvalue weighted by molar-refractivity contribution is 0.483. The van der Waals surface area contributed by atoms with E-state index in [1.807, 2.05) is 24.3 Å². The first-order chi connectivity index (χ1) is 25.4. The number of hydrogen-bond acceptors (Lipinski definition) is 4. The van der Waals surface area contributed by atoms with Gasteiger partial charge in [-0.05, 0) is 91.1 Å². The van der Waals surface area contributed by atoms with Gasteiger partial charge in [0, 0.05) is 45.1 Å². The second kappa shape index (κ2) is 13.8. The highest BCUT2D eigenvalue weighted by Crippen LogP contribution is 2.45. The third-order valence-electron chi connectivity index (χ3n) is 9.39. The maximum Gasteiger partial charge on any atom is 0.294 e. The number of nitrogens with zero attached hydrogens (tertiary/aromatic N) is 4. The van der Waals surface area contributed by atoms with Crippen LogP contribution in [0.4, 0.5) is 8.78 Å². The van der Waals surface area contributed by atoms with Crippen molar-refractivity contribution in [1.29, 1.82) is 0 Å². The van der Waals surface area contributed by atoms with Crippen LogP contribution in [-0.4, -0.2) is 32.5 Å². The predicted octanol–water partition coefficient (Wildman–Crippen LogP) is 11.6. The standard InChI is InChI=1S/C39H26Cl4F2N4O3S/c40-23-11-14-34(30(42)18-23)48-38-26-7-5-4-6-21(26)16-28(38)36(46-48)32(44)8-2-1-3-9-33(45)37-29-17-22-10-13-25(53(50,51)52)20-27(22)39(29)49(47-37)35-15-12-24(41)19-31(35)43/h4-15,18-20H,1-3,16-17H2,(H,50,51,52). The number of allylic oxidation sites excluding steroid dienone is 2. The summed E-state index contributed by atoms with van der Waals surface area (Å²) in [5, 5.41) is 10.7. The molecule has 0 amide bonds. The molecule has 0 spiro atoms. The van der Waals surface area contributed by atoms with Gasteiger partial charge < -0.3 is 0 Å². The second-order valence-corrected chi connectivity index (χ2v) is 15.8. The van der Waals surface area contributed by atoms with Crippen LogP contribution in [0.3, 0.4) is 0 Å². The first-order valence-corrected chi connectivity index (χ1v) is 19.4. The molecule has 53 heavy (non-hydrogen) atoms. The Balaban J connectivity index is 1.06. The zero-order chi connectivity index (χ0) is 37.2. The van der Waals surface area contributed by atoms with Crippen molar-refractivity contribution >= 4 is 68.2 Å². The van der Waals surface area contributed by atoms with Gasteiger partial charge in [0.05, 0.1) is 37.7 Å². The summed E-state index contributed by atoms with van der Waals surface area (Å²) in [6, 6.07) is 21.9. The minimum Gasteiger partial charge on any atom is -0.282 e. The van der Waals surface area contributed by atoms with Crippen molar-refractivity contribution in [3.63, 3.8) is 0 Å². The van der Waals surface area contributed by atoms with Crippen molar-refractivity contribution in [3.05, 3.63) is 145 Å². The Kier molecular flexibility index (Phi) is 9.33. The summed E-state index contributed by atoms with van der Waals surface area (Å²) in [6.07, 6.45) is 4.66. The predicted molar refractivity (Wildman–Crippen MR) is 205 cm³/mol. The molecule has 0 aliphatic heterocycles. The first kappa shape index (κ1) is 35.7. The topological polar surface area (TPSA) is 90.0 Å². The summed E-state index contributed by atoms with van der Waals surface area (Å²) in [4.78, 5) is -0.299. The van der Waals surface area contributed by atoms with Crippen molar-refractivity contribution in [2.24, 2.45) is 0 Å². The Bertz CT molecular complexity index is 2670. The second-order valence-electron chi connectivity index (χ2n) is 12.7. The van der Waals surface area contributed by atoms with Crippen LogP contribution in [0.2, 0.25) is 20.1 Å². The van der Waals surface area contributed by atoms with Gasteiger partial charge in [0.15, 0.2) is 0 Å². The van der Waals surface area contributed by atoms with Gasteiger partial charge in [0.1, 0.15) is 23.0 Å². The van der Waals surface area contributed by atoms with Crippen molar-refractivity contribution in [3.8, 4) is 33.9 Å². The van der Waals surface area contributed by atoms with E-state index in [0.29, 0.717) is 62.5 Å². The lowest BCUT2D eigenvalue weighted by Gasteiger charge is -2.10. The minimum absolute atomic E-state index is 0.0684. The maximum absolute atomic E-state index is 16.0. The van der Waals surface area contributed by atoms with Gasteiger partial charge in [-0.1, -0.05) is 76.7 Å². The van der Waals surface area contributed by atoms with Crippen molar-refractivity contribution in [1.82, 2.24) is 19.6 Å². The smallest absolute Gasteiger partial charge is 0.282 e. The number of unbranched alkanes of at least 4 members (excludes halogenated alkanes) is 2. The summed E-state index contributed by atoms with van der Waals surface area (Å²) in [7, 11) is -4.50. The monoisotopic (exact) mass is 808 g/mol. The fourth-order valence-electron chi connectivity index (χ4n) is 6.97. The average molecular weight is 811 g/mol. The van der Waals surface area contributed by atoms with Crippen LogP contribution in [-0.2, 0) is 23.0 Å². The van der Waals surface area contributed by atoms with Gasteiger partial charge in [-0.25, -0.2) is 18.1 Å². The van der Waals surface area contributed by atoms with E-state index in [1.54, 1.807) is 41.1 Å². The SMILES string of the molecule is O=S(=O)(O)c1ccc2c(c1)-c1c(c(C(F)=CCCCC=C(F)c3nn(-c4ccc(Cl)cc4Cl)c4c3Cc3ccccc3-4)nn1-c1ccc(Cl)cc1Cl)C2. The molecule has 14 heteroatoms. The Morgan fingerprint density at radius 2 is 1.21 bits per heavy atom. The summed E-state index contributed by atoms with van der Waals surface area (Å²) < 4.78 is 68.7. The number of benzene rings is 4. The quantitative estimate of drug-likeness (QED) is 0.116. The molecule has 0 radical (unpaired) electrons. The van der Waals surface area contributed by atoms with Crippen LogP contribution in [0.25, 0.3) is 45.5 Å². The fraction of sp³-hybridized carbons (Fsp3) is 0.128. The molecule has 0 saturated carbocycles. The summed E-state index contributed by atoms with van der Waals surface area (Å²) in [5.41, 5.74) is 7.02. The normalized spacial score (nSPS) is 13.6. The molecule has 2 heterocycles. The number of halogens is 6. The Hall–Kier alpha value is -4.29. The maximum atomic E-state index is 16.0. The molecule has 1 N–H and O–H groups in total. The van der Waals surface area contributed by atoms with Crippen molar-refractivity contribution in [2.45, 2.75) is 37.0 Å². The van der Waals surface area contributed by atoms with Gasteiger partial charge in [-0.3, -0.25) is 4.55 Å². The number of aromatic nitrogens is 4. The number of hydrogen-bond donors (Lipinski definition) is 1. The molecular weight excluding hydrogens is 784 g/mol.